The Morgan fingerprint density at radius 1 is 1.21 bits per heavy atom. The quantitative estimate of drug-likeness (QED) is 0.294. The number of fused-ring (bicyclic) bond motifs is 1. The van der Waals surface area contributed by atoms with Crippen LogP contribution < -0.4 is 9.64 Å². The van der Waals surface area contributed by atoms with Crippen LogP contribution in [0.1, 0.15) is 23.9 Å². The van der Waals surface area contributed by atoms with Gasteiger partial charge in [-0.2, -0.15) is 5.10 Å². The average Bonchev–Trinajstić information content (AvgIpc) is 3.36. The summed E-state index contributed by atoms with van der Waals surface area (Å²) in [5.41, 5.74) is 3.55. The number of aromatic nitrogens is 3. The lowest BCUT2D eigenvalue weighted by atomic mass is 10.2. The van der Waals surface area contributed by atoms with Crippen LogP contribution in [0, 0.1) is 13.8 Å². The number of rotatable bonds is 8. The molecule has 4 aromatic rings. The Bertz CT molecular complexity index is 1310. The minimum Gasteiger partial charge on any atom is -0.492 e. The van der Waals surface area contributed by atoms with Crippen LogP contribution >= 0.6 is 22.9 Å². The first-order valence-electron chi connectivity index (χ1n) is 10.7. The van der Waals surface area contributed by atoms with Crippen LogP contribution in [0.4, 0.5) is 5.13 Å². The lowest BCUT2D eigenvalue weighted by molar-refractivity contribution is -0.114. The maximum absolute atomic E-state index is 13.3. The molecule has 0 aliphatic carbocycles. The number of carbonyl (C=O) groups is 1. The van der Waals surface area contributed by atoms with Gasteiger partial charge in [0, 0.05) is 23.3 Å². The first-order chi connectivity index (χ1) is 16.0. The molecule has 0 bridgehead atoms. The van der Waals surface area contributed by atoms with Crippen molar-refractivity contribution in [3.8, 4) is 5.75 Å². The van der Waals surface area contributed by atoms with Gasteiger partial charge in [0.25, 0.3) is 5.91 Å². The highest BCUT2D eigenvalue weighted by Crippen LogP contribution is 2.34. The molecule has 0 atom stereocenters. The second kappa shape index (κ2) is 10.2. The second-order valence-electron chi connectivity index (χ2n) is 7.53. The van der Waals surface area contributed by atoms with E-state index in [2.05, 4.69) is 5.10 Å². The maximum atomic E-state index is 13.3. The third kappa shape index (κ3) is 5.26. The van der Waals surface area contributed by atoms with E-state index in [1.165, 1.54) is 17.4 Å². The number of thiazole rings is 1. The Morgan fingerprint density at radius 3 is 2.76 bits per heavy atom. The molecule has 8 heteroatoms. The molecule has 0 aliphatic heterocycles. The SMILES string of the molecule is CCOc1cccc2sc(N(CCn3nc(C)cc3C)C(=O)/C=C/c3ccccc3Cl)nc12. The molecule has 170 valence electrons. The number of anilines is 1. The number of benzene rings is 2. The minimum absolute atomic E-state index is 0.173. The number of halogens is 1. The van der Waals surface area contributed by atoms with E-state index in [-0.39, 0.29) is 5.91 Å². The van der Waals surface area contributed by atoms with Gasteiger partial charge >= 0.3 is 0 Å². The van der Waals surface area contributed by atoms with Crippen molar-refractivity contribution >= 4 is 50.3 Å². The van der Waals surface area contributed by atoms with Gasteiger partial charge in [-0.25, -0.2) is 4.98 Å². The zero-order valence-electron chi connectivity index (χ0n) is 18.8. The van der Waals surface area contributed by atoms with E-state index in [0.29, 0.717) is 29.9 Å². The summed E-state index contributed by atoms with van der Waals surface area (Å²) in [6.07, 6.45) is 3.28. The maximum Gasteiger partial charge on any atom is 0.252 e. The number of carbonyl (C=O) groups excluding carboxylic acids is 1. The number of ether oxygens (including phenoxy) is 1. The molecule has 0 saturated carbocycles. The van der Waals surface area contributed by atoms with Gasteiger partial charge in [0.05, 0.1) is 23.5 Å². The van der Waals surface area contributed by atoms with Gasteiger partial charge in [0.2, 0.25) is 0 Å². The second-order valence-corrected chi connectivity index (χ2v) is 8.94. The number of hydrogen-bond acceptors (Lipinski definition) is 5. The van der Waals surface area contributed by atoms with Gasteiger partial charge in [-0.3, -0.25) is 14.4 Å². The van der Waals surface area contributed by atoms with Crippen molar-refractivity contribution in [2.24, 2.45) is 0 Å². The van der Waals surface area contributed by atoms with Gasteiger partial charge in [0.15, 0.2) is 5.13 Å². The summed E-state index contributed by atoms with van der Waals surface area (Å²) in [7, 11) is 0. The first kappa shape index (κ1) is 23.0. The molecular formula is C25H25ClN4O2S. The molecule has 33 heavy (non-hydrogen) atoms. The number of hydrogen-bond donors (Lipinski definition) is 0. The van der Waals surface area contributed by atoms with E-state index in [1.54, 1.807) is 17.0 Å². The molecule has 1 amide bonds. The molecule has 0 radical (unpaired) electrons. The van der Waals surface area contributed by atoms with Crippen molar-refractivity contribution in [1.29, 1.82) is 0 Å². The third-order valence-corrected chi connectivity index (χ3v) is 6.50. The highest BCUT2D eigenvalue weighted by molar-refractivity contribution is 7.22. The van der Waals surface area contributed by atoms with Crippen LogP contribution in [-0.2, 0) is 11.3 Å². The monoisotopic (exact) mass is 480 g/mol. The summed E-state index contributed by atoms with van der Waals surface area (Å²) in [4.78, 5) is 19.8. The third-order valence-electron chi connectivity index (χ3n) is 5.12. The van der Waals surface area contributed by atoms with Crippen LogP contribution in [0.2, 0.25) is 5.02 Å². The summed E-state index contributed by atoms with van der Waals surface area (Å²) in [5, 5.41) is 5.74. The number of nitrogens with zero attached hydrogens (tertiary/aromatic N) is 4. The molecule has 4 rings (SSSR count). The Morgan fingerprint density at radius 2 is 2.03 bits per heavy atom. The lowest BCUT2D eigenvalue weighted by Gasteiger charge is -2.18. The Kier molecular flexibility index (Phi) is 7.11. The van der Waals surface area contributed by atoms with Gasteiger partial charge in [0.1, 0.15) is 11.3 Å². The highest BCUT2D eigenvalue weighted by atomic mass is 35.5. The standard InChI is InChI=1S/C25H25ClN4O2S/c1-4-32-21-10-7-11-22-24(21)27-25(33-22)29(14-15-30-18(3)16-17(2)28-30)23(31)13-12-19-8-5-6-9-20(19)26/h5-13,16H,4,14-15H2,1-3H3/b13-12+. The molecule has 0 N–H and O–H groups in total. The number of para-hydroxylation sites is 1. The molecule has 2 aromatic heterocycles. The predicted octanol–water partition coefficient (Wildman–Crippen LogP) is 5.91. The van der Waals surface area contributed by atoms with E-state index >= 15 is 0 Å². The zero-order chi connectivity index (χ0) is 23.4. The fourth-order valence-electron chi connectivity index (χ4n) is 3.56. The minimum atomic E-state index is -0.173. The largest absolute Gasteiger partial charge is 0.492 e. The Hall–Kier alpha value is -3.16. The van der Waals surface area contributed by atoms with Gasteiger partial charge in [-0.15, -0.1) is 0 Å². The van der Waals surface area contributed by atoms with Crippen molar-refractivity contribution in [1.82, 2.24) is 14.8 Å². The summed E-state index contributed by atoms with van der Waals surface area (Å²) in [6, 6.07) is 15.3. The highest BCUT2D eigenvalue weighted by Gasteiger charge is 2.20. The number of aryl methyl sites for hydroxylation is 2. The summed E-state index contributed by atoms with van der Waals surface area (Å²) < 4.78 is 8.61. The van der Waals surface area contributed by atoms with E-state index in [1.807, 2.05) is 67.9 Å². The fraction of sp³-hybridized carbons (Fsp3) is 0.240. The molecule has 0 saturated heterocycles. The van der Waals surface area contributed by atoms with E-state index in [4.69, 9.17) is 21.3 Å². The molecule has 6 nitrogen and oxygen atoms in total. The van der Waals surface area contributed by atoms with Crippen molar-refractivity contribution in [3.63, 3.8) is 0 Å². The lowest BCUT2D eigenvalue weighted by Crippen LogP contribution is -2.33. The van der Waals surface area contributed by atoms with E-state index in [9.17, 15) is 4.79 Å². The van der Waals surface area contributed by atoms with Gasteiger partial charge in [-0.05, 0) is 56.7 Å². The van der Waals surface area contributed by atoms with E-state index < -0.39 is 0 Å². The van der Waals surface area contributed by atoms with Crippen LogP contribution in [-0.4, -0.2) is 33.8 Å². The Labute approximate surface area is 202 Å². The normalized spacial score (nSPS) is 11.4. The smallest absolute Gasteiger partial charge is 0.252 e. The predicted molar refractivity (Wildman–Crippen MR) is 135 cm³/mol. The molecular weight excluding hydrogens is 456 g/mol. The van der Waals surface area contributed by atoms with Crippen molar-refractivity contribution in [3.05, 3.63) is 76.6 Å². The average molecular weight is 481 g/mol. The summed E-state index contributed by atoms with van der Waals surface area (Å²) in [6.45, 7) is 7.44. The molecule has 2 heterocycles. The van der Waals surface area contributed by atoms with Crippen LogP contribution in [0.25, 0.3) is 16.3 Å². The summed E-state index contributed by atoms with van der Waals surface area (Å²) >= 11 is 7.72. The number of amides is 1. The molecule has 0 aliphatic rings. The summed E-state index contributed by atoms with van der Waals surface area (Å²) in [5.74, 6) is 0.545. The van der Waals surface area contributed by atoms with Crippen LogP contribution in [0.3, 0.4) is 0 Å². The van der Waals surface area contributed by atoms with Crippen molar-refractivity contribution < 1.29 is 9.53 Å². The fourth-order valence-corrected chi connectivity index (χ4v) is 4.77. The van der Waals surface area contributed by atoms with Crippen LogP contribution in [0.5, 0.6) is 5.75 Å². The van der Waals surface area contributed by atoms with Crippen molar-refractivity contribution in [2.75, 3.05) is 18.1 Å². The first-order valence-corrected chi connectivity index (χ1v) is 11.9. The van der Waals surface area contributed by atoms with Crippen LogP contribution in [0.15, 0.2) is 54.6 Å². The Balaban J connectivity index is 1.67. The molecule has 2 aromatic carbocycles. The zero-order valence-corrected chi connectivity index (χ0v) is 20.4. The molecule has 0 spiro atoms. The van der Waals surface area contributed by atoms with Gasteiger partial charge in [-0.1, -0.05) is 47.2 Å². The van der Waals surface area contributed by atoms with Gasteiger partial charge < -0.3 is 4.74 Å². The van der Waals surface area contributed by atoms with Crippen molar-refractivity contribution in [2.45, 2.75) is 27.3 Å². The topological polar surface area (TPSA) is 60.2 Å². The molecule has 0 unspecified atom stereocenters. The van der Waals surface area contributed by atoms with E-state index in [0.717, 1.165) is 32.9 Å². The molecule has 0 fully saturated rings.